The fourth-order valence-electron chi connectivity index (χ4n) is 2.16. The first kappa shape index (κ1) is 14.0. The van der Waals surface area contributed by atoms with E-state index in [-0.39, 0.29) is 5.57 Å². The maximum absolute atomic E-state index is 13.4. The largest absolute Gasteiger partial charge is 0.307 e. The fraction of sp³-hybridized carbons (Fsp3) is 0.417. The van der Waals surface area contributed by atoms with Crippen molar-refractivity contribution < 1.29 is 17.6 Å². The molecule has 0 aromatic carbocycles. The Morgan fingerprint density at radius 1 is 1.37 bits per heavy atom. The number of amides is 1. The van der Waals surface area contributed by atoms with Crippen LogP contribution in [0.5, 0.6) is 0 Å². The van der Waals surface area contributed by atoms with Gasteiger partial charge in [0.15, 0.2) is 0 Å². The molecule has 7 heteroatoms. The van der Waals surface area contributed by atoms with Crippen LogP contribution < -0.4 is 0 Å². The van der Waals surface area contributed by atoms with Gasteiger partial charge in [0.1, 0.15) is 5.83 Å². The maximum atomic E-state index is 13.4. The van der Waals surface area contributed by atoms with E-state index in [1.165, 1.54) is 25.3 Å². The van der Waals surface area contributed by atoms with Crippen LogP contribution in [0.1, 0.15) is 13.8 Å². The van der Waals surface area contributed by atoms with Gasteiger partial charge in [-0.15, -0.1) is 0 Å². The van der Waals surface area contributed by atoms with Crippen LogP contribution in [0.2, 0.25) is 0 Å². The lowest BCUT2D eigenvalue weighted by Crippen LogP contribution is -2.58. The van der Waals surface area contributed by atoms with Crippen LogP contribution in [0.25, 0.3) is 0 Å². The summed E-state index contributed by atoms with van der Waals surface area (Å²) in [4.78, 5) is 12.3. The van der Waals surface area contributed by atoms with Crippen molar-refractivity contribution in [1.82, 2.24) is 8.61 Å². The van der Waals surface area contributed by atoms with Crippen molar-refractivity contribution in [2.45, 2.75) is 25.9 Å². The minimum absolute atomic E-state index is 0.119. The van der Waals surface area contributed by atoms with E-state index in [4.69, 9.17) is 0 Å². The average Bonchev–Trinajstić information content (AvgIpc) is 2.47. The number of fused-ring (bicyclic) bond motifs is 1. The predicted molar refractivity (Wildman–Crippen MR) is 68.9 cm³/mol. The number of halogens is 1. The van der Waals surface area contributed by atoms with Crippen LogP contribution in [0.3, 0.4) is 0 Å². The highest BCUT2D eigenvalue weighted by molar-refractivity contribution is 7.87. The molecule has 0 aromatic heterocycles. The van der Waals surface area contributed by atoms with Gasteiger partial charge < -0.3 is 0 Å². The van der Waals surface area contributed by atoms with Crippen molar-refractivity contribution >= 4 is 16.1 Å². The normalized spacial score (nSPS) is 26.9. The van der Waals surface area contributed by atoms with Gasteiger partial charge in [-0.2, -0.15) is 12.7 Å². The molecule has 1 saturated heterocycles. The molecule has 0 N–H and O–H groups in total. The van der Waals surface area contributed by atoms with Gasteiger partial charge in [-0.1, -0.05) is 12.2 Å². The molecule has 1 fully saturated rings. The van der Waals surface area contributed by atoms with E-state index in [2.05, 4.69) is 0 Å². The second-order valence-electron chi connectivity index (χ2n) is 4.70. The molecule has 1 unspecified atom stereocenters. The molecule has 5 nitrogen and oxygen atoms in total. The Morgan fingerprint density at radius 3 is 2.58 bits per heavy atom. The summed E-state index contributed by atoms with van der Waals surface area (Å²) in [6.45, 7) is 3.20. The monoisotopic (exact) mass is 286 g/mol. The summed E-state index contributed by atoms with van der Waals surface area (Å²) in [6, 6.07) is -1.29. The summed E-state index contributed by atoms with van der Waals surface area (Å²) in [5.74, 6) is -1.24. The zero-order valence-corrected chi connectivity index (χ0v) is 11.7. The Bertz CT molecular complexity index is 604. The topological polar surface area (TPSA) is 57.7 Å². The van der Waals surface area contributed by atoms with Crippen molar-refractivity contribution in [2.75, 3.05) is 7.05 Å². The summed E-state index contributed by atoms with van der Waals surface area (Å²) in [5.41, 5.74) is 0.119. The van der Waals surface area contributed by atoms with Crippen molar-refractivity contribution in [2.24, 2.45) is 0 Å². The van der Waals surface area contributed by atoms with Crippen LogP contribution in [0, 0.1) is 0 Å². The van der Waals surface area contributed by atoms with Gasteiger partial charge in [0.2, 0.25) is 0 Å². The molecular weight excluding hydrogens is 271 g/mol. The van der Waals surface area contributed by atoms with Gasteiger partial charge in [0.25, 0.3) is 5.91 Å². The summed E-state index contributed by atoms with van der Waals surface area (Å²) in [7, 11) is -2.50. The molecule has 0 aromatic rings. The molecule has 2 rings (SSSR count). The first-order chi connectivity index (χ1) is 8.76. The van der Waals surface area contributed by atoms with Gasteiger partial charge >= 0.3 is 10.2 Å². The van der Waals surface area contributed by atoms with Crippen molar-refractivity contribution in [3.8, 4) is 0 Å². The third kappa shape index (κ3) is 2.12. The van der Waals surface area contributed by atoms with E-state index in [1.54, 1.807) is 13.8 Å². The van der Waals surface area contributed by atoms with Crippen molar-refractivity contribution in [1.29, 1.82) is 0 Å². The van der Waals surface area contributed by atoms with E-state index >= 15 is 0 Å². The van der Waals surface area contributed by atoms with Crippen LogP contribution in [0.4, 0.5) is 4.39 Å². The zero-order valence-electron chi connectivity index (χ0n) is 10.9. The molecule has 1 heterocycles. The lowest BCUT2D eigenvalue weighted by molar-refractivity contribution is -0.125. The highest BCUT2D eigenvalue weighted by atomic mass is 32.2. The molecule has 104 valence electrons. The Kier molecular flexibility index (Phi) is 3.36. The van der Waals surface area contributed by atoms with Crippen LogP contribution in [-0.4, -0.2) is 42.1 Å². The molecule has 1 amide bonds. The Balaban J connectivity index is 2.61. The molecule has 2 aliphatic rings. The third-order valence-corrected chi connectivity index (χ3v) is 5.12. The first-order valence-electron chi connectivity index (χ1n) is 5.84. The van der Waals surface area contributed by atoms with E-state index in [1.807, 2.05) is 0 Å². The number of rotatable bonds is 1. The van der Waals surface area contributed by atoms with E-state index in [0.717, 1.165) is 14.7 Å². The molecule has 0 spiro atoms. The van der Waals surface area contributed by atoms with Crippen molar-refractivity contribution in [3.63, 3.8) is 0 Å². The number of carbonyl (C=O) groups excluding carboxylic acids is 1. The number of nitrogens with zero attached hydrogens (tertiary/aromatic N) is 2. The first-order valence-corrected chi connectivity index (χ1v) is 7.24. The predicted octanol–water partition coefficient (Wildman–Crippen LogP) is 1.13. The van der Waals surface area contributed by atoms with E-state index in [0.29, 0.717) is 0 Å². The smallest absolute Gasteiger partial charge is 0.268 e. The Labute approximate surface area is 111 Å². The molecule has 0 bridgehead atoms. The quantitative estimate of drug-likeness (QED) is 0.726. The third-order valence-electron chi connectivity index (χ3n) is 3.08. The fourth-order valence-corrected chi connectivity index (χ4v) is 3.76. The number of hydrogen-bond acceptors (Lipinski definition) is 3. The zero-order chi connectivity index (χ0) is 14.4. The summed E-state index contributed by atoms with van der Waals surface area (Å²) in [5, 5.41) is 0. The van der Waals surface area contributed by atoms with E-state index < -0.39 is 34.0 Å². The second-order valence-corrected chi connectivity index (χ2v) is 6.56. The second kappa shape index (κ2) is 4.57. The van der Waals surface area contributed by atoms with Crippen LogP contribution in [0.15, 0.2) is 35.7 Å². The Hall–Kier alpha value is -1.47. The molecule has 0 saturated carbocycles. The van der Waals surface area contributed by atoms with Gasteiger partial charge in [0.05, 0.1) is 6.04 Å². The SMILES string of the molecule is CC(C)N1C(=O)C2=CC(F)=CC=CC2N(C)S1(=O)=O. The van der Waals surface area contributed by atoms with Crippen LogP contribution in [-0.2, 0) is 15.0 Å². The summed E-state index contributed by atoms with van der Waals surface area (Å²) in [6.07, 6.45) is 5.19. The molecule has 0 radical (unpaired) electrons. The highest BCUT2D eigenvalue weighted by Crippen LogP contribution is 2.30. The van der Waals surface area contributed by atoms with E-state index in [9.17, 15) is 17.6 Å². The maximum Gasteiger partial charge on any atom is 0.307 e. The highest BCUT2D eigenvalue weighted by Gasteiger charge is 2.45. The lowest BCUT2D eigenvalue weighted by Gasteiger charge is -2.40. The number of likely N-dealkylation sites (N-methyl/N-ethyl adjacent to an activating group) is 1. The Morgan fingerprint density at radius 2 is 2.00 bits per heavy atom. The molecule has 1 aliphatic heterocycles. The number of hydrogen-bond donors (Lipinski definition) is 0. The standard InChI is InChI=1S/C12H15FN2O3S/c1-8(2)15-12(16)10-7-9(13)5-4-6-11(10)14(3)19(15,17)18/h4-8,11H,1-3H3. The number of carbonyl (C=O) groups is 1. The molecular formula is C12H15FN2O3S. The van der Waals surface area contributed by atoms with Gasteiger partial charge in [-0.3, -0.25) is 4.79 Å². The number of allylic oxidation sites excluding steroid dienone is 4. The van der Waals surface area contributed by atoms with Gasteiger partial charge in [-0.05, 0) is 26.0 Å². The van der Waals surface area contributed by atoms with Crippen molar-refractivity contribution in [3.05, 3.63) is 35.7 Å². The van der Waals surface area contributed by atoms with Gasteiger partial charge in [0, 0.05) is 18.7 Å². The van der Waals surface area contributed by atoms with Gasteiger partial charge in [-0.25, -0.2) is 8.70 Å². The molecule has 1 aliphatic carbocycles. The average molecular weight is 286 g/mol. The lowest BCUT2D eigenvalue weighted by atomic mass is 10.1. The summed E-state index contributed by atoms with van der Waals surface area (Å²) >= 11 is 0. The molecule has 1 atom stereocenters. The minimum Gasteiger partial charge on any atom is -0.268 e. The minimum atomic E-state index is -3.88. The van der Waals surface area contributed by atoms with Crippen LogP contribution >= 0.6 is 0 Å². The molecule has 19 heavy (non-hydrogen) atoms. The summed E-state index contributed by atoms with van der Waals surface area (Å²) < 4.78 is 39.8.